The van der Waals surface area contributed by atoms with Crippen LogP contribution in [-0.2, 0) is 10.8 Å². The van der Waals surface area contributed by atoms with Crippen molar-refractivity contribution in [1.82, 2.24) is 0 Å². The highest BCUT2D eigenvalue weighted by molar-refractivity contribution is 7.28. The number of thiophene rings is 6. The fourth-order valence-electron chi connectivity index (χ4n) is 23.6. The normalized spacial score (nSPS) is 14.1. The standard InChI is InChI=1S/C122H134N2O4S6/c1-5-9-13-17-21-25-29-33-37-41-73-121(74-42-38-34-30-26-22-18-14-10-6-2)99-79-83(103-65-67-109(131-103)111-71-69-107(133-111)105-47-45-77-129-105)49-53-87(99)89-55-51-85(81-101(89)121)123-117(125)95-61-57-91-93-59-63-97-116-98(64-60-94(114(93)116)92-58-62-96(118(123)126)115(95)113(91)92)120(128)124(119(97)127)86-52-56-90-88-54-50-84(104-66-68-110(132-104)112-72-70-108(134-112)106-48-46-78-130-106)80-100(88)122(102(90)82-86,75-43-39-35-31-27-23-19-15-11-7-3)76-44-40-36-32-28-24-20-16-12-8-4/h45-72,77-82H,5-44,73-76H2,1-4H3. The Labute approximate surface area is 820 Å². The molecule has 8 heterocycles. The van der Waals surface area contributed by atoms with Crippen LogP contribution in [0.4, 0.5) is 11.4 Å². The first-order valence-corrected chi connectivity index (χ1v) is 57.1. The minimum absolute atomic E-state index is 0.325. The Morgan fingerprint density at radius 2 is 0.448 bits per heavy atom. The summed E-state index contributed by atoms with van der Waals surface area (Å²) >= 11 is 11.1. The van der Waals surface area contributed by atoms with Gasteiger partial charge < -0.3 is 0 Å². The Balaban J connectivity index is 0.640. The fraction of sp³-hybridized carbons (Fsp3) is 0.410. The Hall–Kier alpha value is -9.24. The van der Waals surface area contributed by atoms with Crippen LogP contribution in [0.1, 0.15) is 374 Å². The minimum atomic E-state index is -0.342. The van der Waals surface area contributed by atoms with Gasteiger partial charge in [-0.15, -0.1) is 68.0 Å². The maximum atomic E-state index is 16.1. The summed E-state index contributed by atoms with van der Waals surface area (Å²) in [6, 6.07) is 70.9. The second-order valence-corrected chi connectivity index (χ2v) is 45.7. The second-order valence-electron chi connectivity index (χ2n) is 39.5. The molecule has 9 aromatic carbocycles. The van der Waals surface area contributed by atoms with Gasteiger partial charge in [0, 0.05) is 92.6 Å². The zero-order chi connectivity index (χ0) is 91.5. The zero-order valence-electron chi connectivity index (χ0n) is 79.7. The number of imide groups is 2. The lowest BCUT2D eigenvalue weighted by Gasteiger charge is -2.34. The molecule has 2 aliphatic carbocycles. The third-order valence-electron chi connectivity index (χ3n) is 30.7. The largest absolute Gasteiger partial charge is 0.268 e. The van der Waals surface area contributed by atoms with Crippen LogP contribution in [-0.4, -0.2) is 23.6 Å². The highest BCUT2D eigenvalue weighted by atomic mass is 32.1. The van der Waals surface area contributed by atoms with Crippen LogP contribution < -0.4 is 9.80 Å². The molecule has 134 heavy (non-hydrogen) atoms. The molecule has 6 aromatic heterocycles. The van der Waals surface area contributed by atoms with E-state index < -0.39 is 0 Å². The van der Waals surface area contributed by atoms with Crippen molar-refractivity contribution in [1.29, 1.82) is 0 Å². The van der Waals surface area contributed by atoms with Gasteiger partial charge in [-0.3, -0.25) is 19.2 Å². The van der Waals surface area contributed by atoms with Crippen molar-refractivity contribution in [3.63, 3.8) is 0 Å². The number of rotatable bonds is 52. The molecule has 6 nitrogen and oxygen atoms in total. The molecule has 0 atom stereocenters. The molecule has 15 aromatic rings. The van der Waals surface area contributed by atoms with E-state index in [1.807, 2.05) is 69.6 Å². The number of benzene rings is 9. The lowest BCUT2D eigenvalue weighted by atomic mass is 9.70. The van der Waals surface area contributed by atoms with Gasteiger partial charge in [-0.2, -0.15) is 0 Å². The van der Waals surface area contributed by atoms with E-state index >= 15 is 19.2 Å². The number of carbonyl (C=O) groups is 4. The van der Waals surface area contributed by atoms with Crippen LogP contribution in [0.3, 0.4) is 0 Å². The molecule has 0 saturated heterocycles. The number of hydrogen-bond donors (Lipinski definition) is 0. The Morgan fingerprint density at radius 3 is 0.716 bits per heavy atom. The molecule has 0 fully saturated rings. The molecular weight excluding hydrogens is 1750 g/mol. The summed E-state index contributed by atoms with van der Waals surface area (Å²) in [5.74, 6) is -1.30. The van der Waals surface area contributed by atoms with Gasteiger partial charge in [0.2, 0.25) is 0 Å². The molecule has 0 saturated carbocycles. The van der Waals surface area contributed by atoms with E-state index in [0.717, 1.165) is 83.7 Å². The third kappa shape index (κ3) is 19.1. The lowest BCUT2D eigenvalue weighted by molar-refractivity contribution is 0.0877. The van der Waals surface area contributed by atoms with Gasteiger partial charge in [-0.05, 0) is 246 Å². The number of fused-ring (bicyclic) bond motifs is 8. The van der Waals surface area contributed by atoms with Crippen LogP contribution in [0.25, 0.3) is 125 Å². The van der Waals surface area contributed by atoms with E-state index in [2.05, 4.69) is 208 Å². The molecule has 0 radical (unpaired) electrons. The Bertz CT molecular complexity index is 6050. The van der Waals surface area contributed by atoms with Gasteiger partial charge in [0.05, 0.1) is 11.4 Å². The van der Waals surface area contributed by atoms with Gasteiger partial charge in [0.25, 0.3) is 23.6 Å². The van der Waals surface area contributed by atoms with Crippen molar-refractivity contribution < 1.29 is 19.2 Å². The SMILES string of the molecule is CCCCCCCCCCCCC1(CCCCCCCCCCCC)c2cc(-c3ccc(-c4ccc(-c5cccs5)s4)s3)ccc2-c2ccc(N3C(=O)c4ccc5c6ccc7c8c(ccc(c9ccc(c4c59)C3=O)c86)C(=O)N(c3ccc4c(c3)C(CCCCCCCCCCCC)(CCCCCCCCCCCC)c3cc(-c5ccc(-c6ccc(-c8cccs8)s6)s5)ccc3-4)C7=O)cc21. The quantitative estimate of drug-likeness (QED) is 0.0165. The molecule has 12 heteroatoms. The van der Waals surface area contributed by atoms with E-state index in [4.69, 9.17) is 0 Å². The minimum Gasteiger partial charge on any atom is -0.268 e. The number of anilines is 2. The average molecular weight is 1880 g/mol. The van der Waals surface area contributed by atoms with Gasteiger partial charge in [0.1, 0.15) is 0 Å². The molecule has 692 valence electrons. The monoisotopic (exact) mass is 1880 g/mol. The maximum Gasteiger partial charge on any atom is 0.265 e. The van der Waals surface area contributed by atoms with Crippen molar-refractivity contribution in [2.24, 2.45) is 0 Å². The van der Waals surface area contributed by atoms with Crippen LogP contribution >= 0.6 is 68.0 Å². The molecule has 0 bridgehead atoms. The number of nitrogens with zero attached hydrogens (tertiary/aromatic N) is 2. The van der Waals surface area contributed by atoms with E-state index in [1.54, 1.807) is 22.7 Å². The molecule has 0 unspecified atom stereocenters. The van der Waals surface area contributed by atoms with Crippen molar-refractivity contribution in [3.8, 4) is 82.2 Å². The fourth-order valence-corrected chi connectivity index (χ4v) is 29.4. The summed E-state index contributed by atoms with van der Waals surface area (Å²) < 4.78 is 0. The lowest BCUT2D eigenvalue weighted by Crippen LogP contribution is -2.41. The summed E-state index contributed by atoms with van der Waals surface area (Å²) in [7, 11) is 0. The van der Waals surface area contributed by atoms with Crippen LogP contribution in [0.15, 0.2) is 205 Å². The molecule has 4 amide bonds. The summed E-state index contributed by atoms with van der Waals surface area (Å²) in [5, 5.41) is 10.9. The Kier molecular flexibility index (Phi) is 30.5. The summed E-state index contributed by atoms with van der Waals surface area (Å²) in [6.45, 7) is 9.20. The van der Waals surface area contributed by atoms with Crippen molar-refractivity contribution in [2.75, 3.05) is 9.80 Å². The van der Waals surface area contributed by atoms with Crippen molar-refractivity contribution >= 4 is 146 Å². The smallest absolute Gasteiger partial charge is 0.265 e. The molecule has 0 N–H and O–H groups in total. The van der Waals surface area contributed by atoms with Crippen molar-refractivity contribution in [2.45, 2.75) is 321 Å². The molecule has 4 aliphatic rings. The predicted octanol–water partition coefficient (Wildman–Crippen LogP) is 39.5. The number of hydrogen-bond acceptors (Lipinski definition) is 10. The second kappa shape index (κ2) is 43.6. The van der Waals surface area contributed by atoms with E-state index in [9.17, 15) is 0 Å². The van der Waals surface area contributed by atoms with Gasteiger partial charge >= 0.3 is 0 Å². The maximum absolute atomic E-state index is 16.1. The Morgan fingerprint density at radius 1 is 0.216 bits per heavy atom. The topological polar surface area (TPSA) is 74.8 Å². The first-order chi connectivity index (χ1) is 66.0. The summed E-state index contributed by atoms with van der Waals surface area (Å²) in [5.41, 5.74) is 15.2. The summed E-state index contributed by atoms with van der Waals surface area (Å²) in [6.07, 6.45) is 54.6. The van der Waals surface area contributed by atoms with Gasteiger partial charge in [-0.1, -0.05) is 357 Å². The molecular formula is C122H134N2O4S6. The van der Waals surface area contributed by atoms with E-state index in [1.165, 1.54) is 345 Å². The van der Waals surface area contributed by atoms with E-state index in [-0.39, 0.29) is 34.5 Å². The molecule has 19 rings (SSSR count). The first-order valence-electron chi connectivity index (χ1n) is 52.1. The molecule has 0 spiro atoms. The highest BCUT2D eigenvalue weighted by Crippen LogP contribution is 2.60. The van der Waals surface area contributed by atoms with E-state index in [0.29, 0.717) is 44.4 Å². The zero-order valence-corrected chi connectivity index (χ0v) is 84.6. The predicted molar refractivity (Wildman–Crippen MR) is 581 cm³/mol. The number of unbranched alkanes of at least 4 members (excludes halogenated alkanes) is 36. The van der Waals surface area contributed by atoms with Gasteiger partial charge in [0.15, 0.2) is 0 Å². The highest BCUT2D eigenvalue weighted by Gasteiger charge is 2.47. The average Bonchev–Trinajstić information content (AvgIpc) is 1.40. The molecule has 2 aliphatic heterocycles. The van der Waals surface area contributed by atoms with Gasteiger partial charge in [-0.25, -0.2) is 9.80 Å². The third-order valence-corrected chi connectivity index (χ3v) is 37.6. The number of amides is 4. The van der Waals surface area contributed by atoms with Crippen molar-refractivity contribution in [3.05, 3.63) is 249 Å². The number of carbonyl (C=O) groups excluding carboxylic acids is 4. The van der Waals surface area contributed by atoms with Crippen LogP contribution in [0.5, 0.6) is 0 Å². The first kappa shape index (κ1) is 93.8. The van der Waals surface area contributed by atoms with Crippen LogP contribution in [0, 0.1) is 0 Å². The van der Waals surface area contributed by atoms with Crippen LogP contribution in [0.2, 0.25) is 0 Å². The summed E-state index contributed by atoms with van der Waals surface area (Å²) in [4.78, 5) is 80.3.